The molecule has 2 aromatic rings. The average Bonchev–Trinajstić information content (AvgIpc) is 2.60. The third-order valence-corrected chi connectivity index (χ3v) is 3.25. The number of hydrogen-bond donors (Lipinski definition) is 2. The van der Waals surface area contributed by atoms with Crippen LogP contribution in [0.2, 0.25) is 0 Å². The number of amides is 1. The van der Waals surface area contributed by atoms with Gasteiger partial charge >= 0.3 is 0 Å². The van der Waals surface area contributed by atoms with Gasteiger partial charge in [0.25, 0.3) is 5.91 Å². The highest BCUT2D eigenvalue weighted by atomic mass is 16.5. The number of aromatic hydroxyl groups is 1. The van der Waals surface area contributed by atoms with Gasteiger partial charge in [-0.25, -0.2) is 5.43 Å². The molecule has 0 aliphatic heterocycles. The molecule has 1 amide bonds. The summed E-state index contributed by atoms with van der Waals surface area (Å²) in [5.41, 5.74) is 3.49. The summed E-state index contributed by atoms with van der Waals surface area (Å²) in [4.78, 5) is 11.9. The molecule has 2 rings (SSSR count). The maximum atomic E-state index is 11.9. The van der Waals surface area contributed by atoms with Crippen LogP contribution >= 0.6 is 0 Å². The molecule has 0 atom stereocenters. The predicted octanol–water partition coefficient (Wildman–Crippen LogP) is 3.20. The summed E-state index contributed by atoms with van der Waals surface area (Å²) in [6.45, 7) is 4.75. The normalized spacial score (nSPS) is 10.9. The molecule has 132 valence electrons. The van der Waals surface area contributed by atoms with Crippen molar-refractivity contribution in [2.24, 2.45) is 11.0 Å². The second-order valence-corrected chi connectivity index (χ2v) is 5.86. The van der Waals surface area contributed by atoms with Crippen LogP contribution in [0, 0.1) is 5.92 Å². The van der Waals surface area contributed by atoms with Gasteiger partial charge in [0.15, 0.2) is 11.5 Å². The fourth-order valence-corrected chi connectivity index (χ4v) is 2.02. The molecule has 2 N–H and O–H groups in total. The Morgan fingerprint density at radius 3 is 2.72 bits per heavy atom. The zero-order valence-electron chi connectivity index (χ0n) is 14.5. The number of benzene rings is 2. The molecule has 0 fully saturated rings. The number of carbonyl (C=O) groups is 1. The fourth-order valence-electron chi connectivity index (χ4n) is 2.02. The van der Waals surface area contributed by atoms with Gasteiger partial charge in [-0.2, -0.15) is 5.10 Å². The lowest BCUT2D eigenvalue weighted by Gasteiger charge is -2.12. The highest BCUT2D eigenvalue weighted by molar-refractivity contribution is 5.95. The second kappa shape index (κ2) is 8.73. The van der Waals surface area contributed by atoms with Crippen LogP contribution in [0.15, 0.2) is 47.6 Å². The van der Waals surface area contributed by atoms with Gasteiger partial charge in [-0.15, -0.1) is 0 Å². The minimum atomic E-state index is -0.406. The quantitative estimate of drug-likeness (QED) is 0.598. The van der Waals surface area contributed by atoms with Crippen LogP contribution in [-0.2, 0) is 0 Å². The van der Waals surface area contributed by atoms with E-state index >= 15 is 0 Å². The molecule has 0 bridgehead atoms. The van der Waals surface area contributed by atoms with Crippen LogP contribution in [0.1, 0.15) is 29.8 Å². The number of carbonyl (C=O) groups excluding carboxylic acids is 1. The Kier molecular flexibility index (Phi) is 6.39. The van der Waals surface area contributed by atoms with E-state index in [0.29, 0.717) is 29.6 Å². The van der Waals surface area contributed by atoms with Gasteiger partial charge < -0.3 is 14.6 Å². The van der Waals surface area contributed by atoms with Crippen LogP contribution < -0.4 is 14.9 Å². The first-order valence-electron chi connectivity index (χ1n) is 7.93. The molecule has 0 aliphatic rings. The molecule has 0 aromatic heterocycles. The summed E-state index contributed by atoms with van der Waals surface area (Å²) in [6, 6.07) is 11.5. The molecule has 0 unspecified atom stereocenters. The maximum Gasteiger partial charge on any atom is 0.271 e. The largest absolute Gasteiger partial charge is 0.508 e. The topological polar surface area (TPSA) is 80.2 Å². The van der Waals surface area contributed by atoms with Gasteiger partial charge in [0.05, 0.1) is 19.9 Å². The number of ether oxygens (including phenoxy) is 2. The van der Waals surface area contributed by atoms with Crippen molar-refractivity contribution in [3.05, 3.63) is 53.6 Å². The molecule has 0 aliphatic carbocycles. The van der Waals surface area contributed by atoms with Crippen molar-refractivity contribution in [2.75, 3.05) is 13.7 Å². The molecule has 6 heteroatoms. The summed E-state index contributed by atoms with van der Waals surface area (Å²) >= 11 is 0. The summed E-state index contributed by atoms with van der Waals surface area (Å²) in [5, 5.41) is 13.3. The van der Waals surface area contributed by atoms with Gasteiger partial charge in [-0.3, -0.25) is 4.79 Å². The van der Waals surface area contributed by atoms with Crippen molar-refractivity contribution in [1.82, 2.24) is 5.43 Å². The Hall–Kier alpha value is -3.02. The molecule has 2 aromatic carbocycles. The second-order valence-electron chi connectivity index (χ2n) is 5.86. The Morgan fingerprint density at radius 2 is 2.04 bits per heavy atom. The zero-order valence-corrected chi connectivity index (χ0v) is 14.5. The number of hydrazone groups is 1. The maximum absolute atomic E-state index is 11.9. The molecule has 25 heavy (non-hydrogen) atoms. The minimum absolute atomic E-state index is 0.0263. The summed E-state index contributed by atoms with van der Waals surface area (Å²) in [5.74, 6) is 1.30. The summed E-state index contributed by atoms with van der Waals surface area (Å²) < 4.78 is 11.0. The Morgan fingerprint density at radius 1 is 1.24 bits per heavy atom. The van der Waals surface area contributed by atoms with E-state index in [1.54, 1.807) is 31.4 Å². The smallest absolute Gasteiger partial charge is 0.271 e. The third kappa shape index (κ3) is 5.53. The lowest BCUT2D eigenvalue weighted by molar-refractivity contribution is 0.0954. The van der Waals surface area contributed by atoms with Crippen molar-refractivity contribution in [3.8, 4) is 17.2 Å². The first-order chi connectivity index (χ1) is 12.0. The first kappa shape index (κ1) is 18.3. The van der Waals surface area contributed by atoms with Gasteiger partial charge in [0.1, 0.15) is 5.75 Å². The van der Waals surface area contributed by atoms with E-state index in [1.807, 2.05) is 6.07 Å². The number of methoxy groups -OCH3 is 1. The van der Waals surface area contributed by atoms with E-state index in [4.69, 9.17) is 9.47 Å². The van der Waals surface area contributed by atoms with Crippen molar-refractivity contribution in [1.29, 1.82) is 0 Å². The third-order valence-electron chi connectivity index (χ3n) is 3.25. The predicted molar refractivity (Wildman–Crippen MR) is 96.5 cm³/mol. The van der Waals surface area contributed by atoms with E-state index in [2.05, 4.69) is 24.4 Å². The van der Waals surface area contributed by atoms with E-state index in [1.165, 1.54) is 18.3 Å². The molecule has 0 radical (unpaired) electrons. The van der Waals surface area contributed by atoms with Crippen molar-refractivity contribution >= 4 is 12.1 Å². The number of nitrogens with zero attached hydrogens (tertiary/aromatic N) is 1. The van der Waals surface area contributed by atoms with Crippen LogP contribution in [0.3, 0.4) is 0 Å². The highest BCUT2D eigenvalue weighted by Crippen LogP contribution is 2.27. The van der Waals surface area contributed by atoms with Gasteiger partial charge in [-0.05, 0) is 47.9 Å². The Bertz CT molecular complexity index is 757. The van der Waals surface area contributed by atoms with Crippen LogP contribution in [0.25, 0.3) is 0 Å². The van der Waals surface area contributed by atoms with Crippen molar-refractivity contribution in [2.45, 2.75) is 13.8 Å². The van der Waals surface area contributed by atoms with Crippen molar-refractivity contribution < 1.29 is 19.4 Å². The van der Waals surface area contributed by atoms with Crippen LogP contribution in [0.5, 0.6) is 17.2 Å². The Balaban J connectivity index is 2.01. The number of hydrogen-bond acceptors (Lipinski definition) is 5. The lowest BCUT2D eigenvalue weighted by Crippen LogP contribution is -2.17. The SMILES string of the molecule is COc1cc(/C=N\NC(=O)c2cccc(O)c2)ccc1OCC(C)C. The average molecular weight is 342 g/mol. The van der Waals surface area contributed by atoms with E-state index in [0.717, 1.165) is 5.56 Å². The molecular weight excluding hydrogens is 320 g/mol. The standard InChI is InChI=1S/C19H22N2O4/c1-13(2)12-25-17-8-7-14(9-18(17)24-3)11-20-21-19(23)15-5-4-6-16(22)10-15/h4-11,13,22H,12H2,1-3H3,(H,21,23)/b20-11-. The molecule has 6 nitrogen and oxygen atoms in total. The number of phenolic OH excluding ortho intramolecular Hbond substituents is 1. The van der Waals surface area contributed by atoms with Crippen molar-refractivity contribution in [3.63, 3.8) is 0 Å². The monoisotopic (exact) mass is 342 g/mol. The molecule has 0 saturated heterocycles. The zero-order chi connectivity index (χ0) is 18.2. The Labute approximate surface area is 147 Å². The number of phenols is 1. The van der Waals surface area contributed by atoms with E-state index in [-0.39, 0.29) is 5.75 Å². The molecular formula is C19H22N2O4. The van der Waals surface area contributed by atoms with Gasteiger partial charge in [0.2, 0.25) is 0 Å². The van der Waals surface area contributed by atoms with E-state index in [9.17, 15) is 9.90 Å². The van der Waals surface area contributed by atoms with Crippen LogP contribution in [-0.4, -0.2) is 30.9 Å². The molecule has 0 heterocycles. The lowest BCUT2D eigenvalue weighted by atomic mass is 10.2. The summed E-state index contributed by atoms with van der Waals surface area (Å²) in [6.07, 6.45) is 1.51. The van der Waals surface area contributed by atoms with Gasteiger partial charge in [0, 0.05) is 5.56 Å². The van der Waals surface area contributed by atoms with E-state index < -0.39 is 5.91 Å². The molecule has 0 saturated carbocycles. The number of rotatable bonds is 7. The first-order valence-corrected chi connectivity index (χ1v) is 7.93. The van der Waals surface area contributed by atoms with Gasteiger partial charge in [-0.1, -0.05) is 19.9 Å². The fraction of sp³-hybridized carbons (Fsp3) is 0.263. The minimum Gasteiger partial charge on any atom is -0.508 e. The van der Waals surface area contributed by atoms with Crippen LogP contribution in [0.4, 0.5) is 0 Å². The molecule has 0 spiro atoms. The summed E-state index contributed by atoms with van der Waals surface area (Å²) in [7, 11) is 1.57. The highest BCUT2D eigenvalue weighted by Gasteiger charge is 2.07. The number of nitrogens with one attached hydrogen (secondary N) is 1.